The van der Waals surface area contributed by atoms with Gasteiger partial charge in [0.15, 0.2) is 0 Å². The Balaban J connectivity index is 0.000000640. The van der Waals surface area contributed by atoms with E-state index in [1.165, 1.54) is 19.3 Å². The summed E-state index contributed by atoms with van der Waals surface area (Å²) >= 11 is 0. The summed E-state index contributed by atoms with van der Waals surface area (Å²) in [5.74, 6) is 0. The van der Waals surface area contributed by atoms with Crippen LogP contribution >= 0.6 is 0 Å². The van der Waals surface area contributed by atoms with Gasteiger partial charge in [0, 0.05) is 6.97 Å². The average molecular weight is 115 g/mol. The standard InChI is InChI=1S/C7H15N.H2/c1-3-8-7(2)5-4-6-7;/h8H,3-6H2,1-2H3;1H. The van der Waals surface area contributed by atoms with Crippen LogP contribution in [-0.2, 0) is 0 Å². The van der Waals surface area contributed by atoms with Gasteiger partial charge in [-0.25, -0.2) is 0 Å². The molecule has 0 aromatic carbocycles. The fourth-order valence-electron chi connectivity index (χ4n) is 1.31. The van der Waals surface area contributed by atoms with Gasteiger partial charge >= 0.3 is 0 Å². The first-order valence-electron chi connectivity index (χ1n) is 3.52. The van der Waals surface area contributed by atoms with Gasteiger partial charge in [-0.1, -0.05) is 6.92 Å². The second-order valence-electron chi connectivity index (χ2n) is 2.94. The molecule has 0 bridgehead atoms. The van der Waals surface area contributed by atoms with E-state index in [0.717, 1.165) is 6.54 Å². The van der Waals surface area contributed by atoms with Crippen LogP contribution in [0.2, 0.25) is 0 Å². The van der Waals surface area contributed by atoms with Crippen LogP contribution in [0.25, 0.3) is 0 Å². The predicted molar refractivity (Wildman–Crippen MR) is 38.0 cm³/mol. The predicted octanol–water partition coefficient (Wildman–Crippen LogP) is 1.78. The Morgan fingerprint density at radius 3 is 2.38 bits per heavy atom. The first-order chi connectivity index (χ1) is 3.77. The Morgan fingerprint density at radius 2 is 2.25 bits per heavy atom. The number of hydrogen-bond acceptors (Lipinski definition) is 1. The Labute approximate surface area is 53.0 Å². The lowest BCUT2D eigenvalue weighted by Crippen LogP contribution is -2.47. The molecule has 0 heterocycles. The maximum Gasteiger partial charge on any atom is 0.0153 e. The van der Waals surface area contributed by atoms with E-state index in [1.807, 2.05) is 0 Å². The van der Waals surface area contributed by atoms with Crippen LogP contribution < -0.4 is 5.32 Å². The van der Waals surface area contributed by atoms with E-state index in [-0.39, 0.29) is 1.43 Å². The molecule has 50 valence electrons. The molecule has 0 aromatic heterocycles. The molecule has 0 amide bonds. The smallest absolute Gasteiger partial charge is 0.0153 e. The molecule has 8 heavy (non-hydrogen) atoms. The van der Waals surface area contributed by atoms with E-state index in [2.05, 4.69) is 19.2 Å². The quantitative estimate of drug-likeness (QED) is 0.578. The van der Waals surface area contributed by atoms with Crippen molar-refractivity contribution in [2.45, 2.75) is 38.6 Å². The summed E-state index contributed by atoms with van der Waals surface area (Å²) < 4.78 is 0. The lowest BCUT2D eigenvalue weighted by atomic mass is 9.79. The Morgan fingerprint density at radius 1 is 1.62 bits per heavy atom. The summed E-state index contributed by atoms with van der Waals surface area (Å²) in [7, 11) is 0. The van der Waals surface area contributed by atoms with E-state index in [1.54, 1.807) is 0 Å². The van der Waals surface area contributed by atoms with E-state index in [9.17, 15) is 0 Å². The molecule has 1 N–H and O–H groups in total. The third-order valence-corrected chi connectivity index (χ3v) is 2.06. The van der Waals surface area contributed by atoms with Gasteiger partial charge in [-0.2, -0.15) is 0 Å². The van der Waals surface area contributed by atoms with Gasteiger partial charge in [-0.15, -0.1) is 0 Å². The van der Waals surface area contributed by atoms with Gasteiger partial charge in [-0.3, -0.25) is 0 Å². The van der Waals surface area contributed by atoms with Crippen molar-refractivity contribution >= 4 is 0 Å². The largest absolute Gasteiger partial charge is 0.312 e. The SMILES string of the molecule is CCNC1(C)CCC1.[HH]. The van der Waals surface area contributed by atoms with Crippen molar-refractivity contribution in [3.63, 3.8) is 0 Å². The number of rotatable bonds is 2. The van der Waals surface area contributed by atoms with Crippen molar-refractivity contribution in [1.29, 1.82) is 0 Å². The average Bonchev–Trinajstić information content (AvgIpc) is 1.64. The highest BCUT2D eigenvalue weighted by molar-refractivity contribution is 4.90. The minimum atomic E-state index is 0. The molecule has 0 atom stereocenters. The highest BCUT2D eigenvalue weighted by Gasteiger charge is 2.29. The Bertz CT molecular complexity index is 79.0. The summed E-state index contributed by atoms with van der Waals surface area (Å²) in [4.78, 5) is 0. The highest BCUT2D eigenvalue weighted by atomic mass is 15.0. The molecule has 1 saturated carbocycles. The lowest BCUT2D eigenvalue weighted by Gasteiger charge is -2.39. The van der Waals surface area contributed by atoms with Crippen LogP contribution in [0, 0.1) is 0 Å². The molecule has 1 heteroatoms. The van der Waals surface area contributed by atoms with Gasteiger partial charge in [0.05, 0.1) is 0 Å². The summed E-state index contributed by atoms with van der Waals surface area (Å²) in [6.07, 6.45) is 4.17. The highest BCUT2D eigenvalue weighted by Crippen LogP contribution is 2.30. The summed E-state index contributed by atoms with van der Waals surface area (Å²) in [6, 6.07) is 0. The topological polar surface area (TPSA) is 12.0 Å². The first kappa shape index (κ1) is 6.09. The summed E-state index contributed by atoms with van der Waals surface area (Å²) in [5.41, 5.74) is 0.523. The molecule has 0 aliphatic heterocycles. The molecule has 1 fully saturated rings. The molecule has 1 rings (SSSR count). The molecule has 1 aliphatic carbocycles. The fourth-order valence-corrected chi connectivity index (χ4v) is 1.31. The van der Waals surface area contributed by atoms with Crippen molar-refractivity contribution in [2.24, 2.45) is 0 Å². The molecule has 1 aliphatic rings. The second kappa shape index (κ2) is 2.06. The minimum absolute atomic E-state index is 0. The molecule has 0 saturated heterocycles. The molecule has 0 unspecified atom stereocenters. The van der Waals surface area contributed by atoms with Crippen LogP contribution in [0.1, 0.15) is 34.5 Å². The van der Waals surface area contributed by atoms with E-state index < -0.39 is 0 Å². The van der Waals surface area contributed by atoms with Crippen molar-refractivity contribution in [2.75, 3.05) is 6.54 Å². The van der Waals surface area contributed by atoms with Crippen molar-refractivity contribution in [1.82, 2.24) is 5.32 Å². The van der Waals surface area contributed by atoms with Gasteiger partial charge in [0.2, 0.25) is 0 Å². The van der Waals surface area contributed by atoms with Gasteiger partial charge in [0.1, 0.15) is 0 Å². The zero-order valence-electron chi connectivity index (χ0n) is 5.83. The van der Waals surface area contributed by atoms with Crippen molar-refractivity contribution in [3.05, 3.63) is 0 Å². The molecular formula is C7H17N. The normalized spacial score (nSPS) is 24.8. The minimum Gasteiger partial charge on any atom is -0.312 e. The van der Waals surface area contributed by atoms with Crippen LogP contribution in [0.4, 0.5) is 0 Å². The van der Waals surface area contributed by atoms with Crippen LogP contribution in [0.15, 0.2) is 0 Å². The van der Waals surface area contributed by atoms with Crippen LogP contribution in [0.5, 0.6) is 0 Å². The number of nitrogens with one attached hydrogen (secondary N) is 1. The fraction of sp³-hybridized carbons (Fsp3) is 1.00. The van der Waals surface area contributed by atoms with Crippen molar-refractivity contribution < 1.29 is 1.43 Å². The van der Waals surface area contributed by atoms with Gasteiger partial charge < -0.3 is 5.32 Å². The molecule has 0 aromatic rings. The third-order valence-electron chi connectivity index (χ3n) is 2.06. The maximum atomic E-state index is 3.46. The zero-order valence-corrected chi connectivity index (χ0v) is 5.83. The summed E-state index contributed by atoms with van der Waals surface area (Å²) in [6.45, 7) is 5.60. The van der Waals surface area contributed by atoms with Crippen molar-refractivity contribution in [3.8, 4) is 0 Å². The van der Waals surface area contributed by atoms with E-state index >= 15 is 0 Å². The zero-order chi connectivity index (χ0) is 6.04. The molecule has 0 radical (unpaired) electrons. The molecule has 1 nitrogen and oxygen atoms in total. The first-order valence-corrected chi connectivity index (χ1v) is 3.52. The van der Waals surface area contributed by atoms with Crippen LogP contribution in [-0.4, -0.2) is 12.1 Å². The molecular weight excluding hydrogens is 98.1 g/mol. The lowest BCUT2D eigenvalue weighted by molar-refractivity contribution is 0.213. The van der Waals surface area contributed by atoms with Gasteiger partial charge in [-0.05, 0) is 32.7 Å². The van der Waals surface area contributed by atoms with E-state index in [0.29, 0.717) is 5.54 Å². The van der Waals surface area contributed by atoms with Gasteiger partial charge in [0.25, 0.3) is 0 Å². The maximum absolute atomic E-state index is 3.46. The van der Waals surface area contributed by atoms with E-state index in [4.69, 9.17) is 0 Å². The Kier molecular flexibility index (Phi) is 1.57. The molecule has 0 spiro atoms. The third kappa shape index (κ3) is 1.03. The van der Waals surface area contributed by atoms with Crippen LogP contribution in [0.3, 0.4) is 0 Å². The monoisotopic (exact) mass is 115 g/mol. The number of hydrogen-bond donors (Lipinski definition) is 1. The Hall–Kier alpha value is -0.0400. The second-order valence-corrected chi connectivity index (χ2v) is 2.94. The summed E-state index contributed by atoms with van der Waals surface area (Å²) in [5, 5.41) is 3.46.